The Labute approximate surface area is 89.2 Å². The zero-order valence-corrected chi connectivity index (χ0v) is 9.28. The maximum atomic E-state index is 11.0. The summed E-state index contributed by atoms with van der Waals surface area (Å²) in [6.45, 7) is 1.33. The first-order valence-corrected chi connectivity index (χ1v) is 5.84. The minimum Gasteiger partial charge on any atom is -0.310 e. The van der Waals surface area contributed by atoms with Crippen molar-refractivity contribution in [3.05, 3.63) is 35.9 Å². The van der Waals surface area contributed by atoms with Crippen LogP contribution >= 0.6 is 8.03 Å². The minimum absolute atomic E-state index is 0.298. The maximum Gasteiger partial charge on any atom is 0.531 e. The summed E-state index contributed by atoms with van der Waals surface area (Å²) in [4.78, 5) is 19.8. The van der Waals surface area contributed by atoms with Gasteiger partial charge in [-0.25, -0.2) is 0 Å². The van der Waals surface area contributed by atoms with Crippen molar-refractivity contribution >= 4 is 13.9 Å². The molecule has 15 heavy (non-hydrogen) atoms. The van der Waals surface area contributed by atoms with Crippen LogP contribution in [-0.2, 0) is 15.8 Å². The summed E-state index contributed by atoms with van der Waals surface area (Å²) >= 11 is 0. The van der Waals surface area contributed by atoms with Gasteiger partial charge >= 0.3 is 8.03 Å². The zero-order chi connectivity index (χ0) is 11.3. The lowest BCUT2D eigenvalue weighted by Crippen LogP contribution is -2.31. The van der Waals surface area contributed by atoms with E-state index in [9.17, 15) is 9.36 Å². The average molecular weight is 226 g/mol. The maximum absolute atomic E-state index is 11.0. The van der Waals surface area contributed by atoms with Crippen molar-refractivity contribution in [1.29, 1.82) is 0 Å². The normalized spacial score (nSPS) is 13.1. The molecule has 0 aliphatic heterocycles. The Kier molecular flexibility index (Phi) is 4.40. The fraction of sp³-hybridized carbons (Fsp3) is 0.300. The van der Waals surface area contributed by atoms with Crippen molar-refractivity contribution in [2.45, 2.75) is 19.1 Å². The Balaban J connectivity index is 2.67. The fourth-order valence-corrected chi connectivity index (χ4v) is 1.92. The van der Waals surface area contributed by atoms with E-state index in [1.165, 1.54) is 6.92 Å². The molecule has 0 fully saturated rings. The van der Waals surface area contributed by atoms with Gasteiger partial charge in [-0.15, -0.1) is 0 Å². The van der Waals surface area contributed by atoms with Crippen molar-refractivity contribution in [3.63, 3.8) is 0 Å². The van der Waals surface area contributed by atoms with E-state index in [1.54, 1.807) is 0 Å². The van der Waals surface area contributed by atoms with Gasteiger partial charge in [0.05, 0.1) is 0 Å². The first-order valence-electron chi connectivity index (χ1n) is 4.56. The third-order valence-electron chi connectivity index (χ3n) is 1.91. The minimum atomic E-state index is -2.40. The number of hydrogen-bond donors (Lipinski definition) is 2. The molecule has 0 saturated heterocycles. The zero-order valence-electron chi connectivity index (χ0n) is 8.38. The summed E-state index contributed by atoms with van der Waals surface area (Å²) in [7, 11) is -2.40. The molecule has 4 nitrogen and oxygen atoms in total. The molecule has 0 aliphatic rings. The third-order valence-corrected chi connectivity index (χ3v) is 2.75. The van der Waals surface area contributed by atoms with E-state index in [2.05, 4.69) is 5.32 Å². The Hall–Kier alpha value is -1.25. The van der Waals surface area contributed by atoms with Crippen molar-refractivity contribution in [2.75, 3.05) is 0 Å². The van der Waals surface area contributed by atoms with E-state index in [-0.39, 0.29) is 5.91 Å². The standard InChI is InChI=1S/C10H12NO3P/c1-8(12)11-10(15(13)14)7-9-5-3-2-4-6-9/h2-6,10H,7H2,1H3,(H-,11,12,13,14)/p+1. The van der Waals surface area contributed by atoms with Crippen molar-refractivity contribution in [2.24, 2.45) is 0 Å². The summed E-state index contributed by atoms with van der Waals surface area (Å²) in [5, 5.41) is 2.46. The highest BCUT2D eigenvalue weighted by molar-refractivity contribution is 7.38. The van der Waals surface area contributed by atoms with Gasteiger partial charge in [0.1, 0.15) is 0 Å². The highest BCUT2D eigenvalue weighted by Crippen LogP contribution is 2.23. The molecule has 1 aromatic carbocycles. The second-order valence-electron chi connectivity index (χ2n) is 3.21. The number of nitrogens with one attached hydrogen (secondary N) is 1. The van der Waals surface area contributed by atoms with Crippen LogP contribution in [0, 0.1) is 0 Å². The summed E-state index contributed by atoms with van der Waals surface area (Å²) in [6.07, 6.45) is 0.367. The molecule has 1 rings (SSSR count). The van der Waals surface area contributed by atoms with Crippen LogP contribution in [0.15, 0.2) is 30.3 Å². The molecule has 2 unspecified atom stereocenters. The molecule has 5 heteroatoms. The van der Waals surface area contributed by atoms with Crippen LogP contribution in [0.4, 0.5) is 0 Å². The Morgan fingerprint density at radius 3 is 2.53 bits per heavy atom. The molecule has 0 aromatic heterocycles. The predicted octanol–water partition coefficient (Wildman–Crippen LogP) is 1.43. The molecule has 80 valence electrons. The summed E-state index contributed by atoms with van der Waals surface area (Å²) in [5.74, 6) is -1.01. The number of carbonyl (C=O) groups excluding carboxylic acids is 1. The average Bonchev–Trinajstić information content (AvgIpc) is 2.17. The lowest BCUT2D eigenvalue weighted by molar-refractivity contribution is -0.119. The van der Waals surface area contributed by atoms with E-state index in [0.717, 1.165) is 5.56 Å². The van der Waals surface area contributed by atoms with Crippen molar-refractivity contribution < 1.29 is 14.3 Å². The van der Waals surface area contributed by atoms with Gasteiger partial charge < -0.3 is 5.32 Å². The Bertz CT molecular complexity index is 353. The van der Waals surface area contributed by atoms with Crippen molar-refractivity contribution in [1.82, 2.24) is 5.32 Å². The molecule has 0 bridgehead atoms. The summed E-state index contributed by atoms with van der Waals surface area (Å²) in [6, 6.07) is 9.28. The highest BCUT2D eigenvalue weighted by Gasteiger charge is 2.29. The molecule has 1 aromatic rings. The monoisotopic (exact) mass is 226 g/mol. The quantitative estimate of drug-likeness (QED) is 0.763. The Morgan fingerprint density at radius 1 is 1.47 bits per heavy atom. The number of rotatable bonds is 4. The lowest BCUT2D eigenvalue weighted by Gasteiger charge is -2.05. The molecular weight excluding hydrogens is 213 g/mol. The van der Waals surface area contributed by atoms with Crippen molar-refractivity contribution in [3.8, 4) is 0 Å². The first kappa shape index (κ1) is 11.8. The van der Waals surface area contributed by atoms with E-state index in [1.807, 2.05) is 30.3 Å². The molecule has 1 amide bonds. The van der Waals surface area contributed by atoms with Crippen LogP contribution in [0.5, 0.6) is 0 Å². The summed E-state index contributed by atoms with van der Waals surface area (Å²) in [5.41, 5.74) is 0.925. The van der Waals surface area contributed by atoms with E-state index < -0.39 is 13.8 Å². The van der Waals surface area contributed by atoms with Crippen LogP contribution in [0.3, 0.4) is 0 Å². The molecule has 0 saturated carbocycles. The van der Waals surface area contributed by atoms with Crippen LogP contribution in [0.1, 0.15) is 12.5 Å². The van der Waals surface area contributed by atoms with Gasteiger partial charge in [-0.1, -0.05) is 30.3 Å². The van der Waals surface area contributed by atoms with Gasteiger partial charge in [-0.2, -0.15) is 4.89 Å². The molecule has 2 N–H and O–H groups in total. The van der Waals surface area contributed by atoms with Crippen LogP contribution in [0.2, 0.25) is 0 Å². The molecule has 2 atom stereocenters. The highest BCUT2D eigenvalue weighted by atomic mass is 31.1. The molecule has 0 spiro atoms. The van der Waals surface area contributed by atoms with Crippen LogP contribution in [0.25, 0.3) is 0 Å². The summed E-state index contributed by atoms with van der Waals surface area (Å²) < 4.78 is 11.0. The van der Waals surface area contributed by atoms with Gasteiger partial charge in [0.15, 0.2) is 0 Å². The second kappa shape index (κ2) is 5.59. The number of benzene rings is 1. The number of amides is 1. The molecule has 0 heterocycles. The van der Waals surface area contributed by atoms with E-state index >= 15 is 0 Å². The van der Waals surface area contributed by atoms with E-state index in [4.69, 9.17) is 4.89 Å². The molecule has 0 radical (unpaired) electrons. The van der Waals surface area contributed by atoms with Gasteiger partial charge in [0.25, 0.3) is 5.78 Å². The Morgan fingerprint density at radius 2 is 2.07 bits per heavy atom. The van der Waals surface area contributed by atoms with Crippen LogP contribution < -0.4 is 5.32 Å². The lowest BCUT2D eigenvalue weighted by atomic mass is 10.1. The third kappa shape index (κ3) is 4.19. The SMILES string of the molecule is CC(=O)NC(Cc1ccccc1)[P+](=O)O. The first-order chi connectivity index (χ1) is 7.09. The second-order valence-corrected chi connectivity index (χ2v) is 4.44. The van der Waals surface area contributed by atoms with Crippen LogP contribution in [-0.4, -0.2) is 16.6 Å². The van der Waals surface area contributed by atoms with Gasteiger partial charge in [-0.3, -0.25) is 4.79 Å². The fourth-order valence-electron chi connectivity index (χ4n) is 1.26. The van der Waals surface area contributed by atoms with Gasteiger partial charge in [0.2, 0.25) is 5.91 Å². The topological polar surface area (TPSA) is 66.4 Å². The number of hydrogen-bond acceptors (Lipinski definition) is 2. The molecular formula is C10H13NO3P+. The smallest absolute Gasteiger partial charge is 0.310 e. The van der Waals surface area contributed by atoms with Gasteiger partial charge in [0, 0.05) is 13.3 Å². The largest absolute Gasteiger partial charge is 0.531 e. The molecule has 0 aliphatic carbocycles. The van der Waals surface area contributed by atoms with E-state index in [0.29, 0.717) is 6.42 Å². The predicted molar refractivity (Wildman–Crippen MR) is 57.6 cm³/mol. The van der Waals surface area contributed by atoms with Gasteiger partial charge in [-0.05, 0) is 10.1 Å². The number of carbonyl (C=O) groups is 1.